The van der Waals surface area contributed by atoms with Crippen LogP contribution in [0.4, 0.5) is 0 Å². The molecule has 5 nitrogen and oxygen atoms in total. The number of halogens is 2. The van der Waals surface area contributed by atoms with Gasteiger partial charge in [0.25, 0.3) is 5.89 Å². The highest BCUT2D eigenvalue weighted by Gasteiger charge is 2.18. The summed E-state index contributed by atoms with van der Waals surface area (Å²) in [5.74, 6) is 0.919. The molecule has 104 valence electrons. The number of rotatable bonds is 5. The molecule has 0 fully saturated rings. The molecule has 1 unspecified atom stereocenters. The number of thiophene rings is 1. The van der Waals surface area contributed by atoms with Crippen LogP contribution >= 0.6 is 43.2 Å². The lowest BCUT2D eigenvalue weighted by atomic mass is 10.3. The van der Waals surface area contributed by atoms with Crippen molar-refractivity contribution in [3.63, 3.8) is 0 Å². The van der Waals surface area contributed by atoms with Gasteiger partial charge in [0.1, 0.15) is 0 Å². The monoisotopic (exact) mass is 409 g/mol. The summed E-state index contributed by atoms with van der Waals surface area (Å²) in [5, 5.41) is 3.89. The van der Waals surface area contributed by atoms with Crippen molar-refractivity contribution in [2.24, 2.45) is 5.73 Å². The van der Waals surface area contributed by atoms with E-state index in [2.05, 4.69) is 42.0 Å². The maximum absolute atomic E-state index is 5.94. The third-order valence-electron chi connectivity index (χ3n) is 2.24. The summed E-state index contributed by atoms with van der Waals surface area (Å²) in [7, 11) is 0. The van der Waals surface area contributed by atoms with Crippen molar-refractivity contribution in [3.8, 4) is 10.8 Å². The van der Waals surface area contributed by atoms with Gasteiger partial charge in [0.05, 0.1) is 27.4 Å². The average Bonchev–Trinajstić information content (AvgIpc) is 2.94. The predicted molar refractivity (Wildman–Crippen MR) is 81.0 cm³/mol. The minimum atomic E-state index is -0.383. The van der Waals surface area contributed by atoms with Crippen LogP contribution in [0.1, 0.15) is 25.7 Å². The zero-order chi connectivity index (χ0) is 14.0. The van der Waals surface area contributed by atoms with Crippen LogP contribution in [0.25, 0.3) is 10.8 Å². The van der Waals surface area contributed by atoms with Crippen LogP contribution in [-0.2, 0) is 4.74 Å². The van der Waals surface area contributed by atoms with E-state index >= 15 is 0 Å². The van der Waals surface area contributed by atoms with Crippen LogP contribution in [0.3, 0.4) is 0 Å². The van der Waals surface area contributed by atoms with Gasteiger partial charge in [0.15, 0.2) is 5.82 Å². The molecule has 0 bridgehead atoms. The highest BCUT2D eigenvalue weighted by atomic mass is 79.9. The molecule has 0 aromatic carbocycles. The molecule has 0 saturated carbocycles. The highest BCUT2D eigenvalue weighted by Crippen LogP contribution is 2.37. The lowest BCUT2D eigenvalue weighted by molar-refractivity contribution is 0.0665. The topological polar surface area (TPSA) is 74.2 Å². The molecule has 2 rings (SSSR count). The Balaban J connectivity index is 2.10. The van der Waals surface area contributed by atoms with E-state index in [1.165, 1.54) is 11.3 Å². The smallest absolute Gasteiger partial charge is 0.268 e. The molecule has 2 aromatic heterocycles. The SMILES string of the molecule is CC(C)OCC(N)c1noc(-c2cc(Br)c(Br)s2)n1. The van der Waals surface area contributed by atoms with Crippen LogP contribution in [-0.4, -0.2) is 22.9 Å². The lowest BCUT2D eigenvalue weighted by Gasteiger charge is -2.10. The molecule has 0 radical (unpaired) electrons. The molecule has 2 N–H and O–H groups in total. The fourth-order valence-corrected chi connectivity index (χ4v) is 3.27. The molecule has 0 spiro atoms. The summed E-state index contributed by atoms with van der Waals surface area (Å²) in [6, 6.07) is 1.54. The molecule has 0 aliphatic rings. The third kappa shape index (κ3) is 3.85. The van der Waals surface area contributed by atoms with Gasteiger partial charge in [0.2, 0.25) is 0 Å². The Kier molecular flexibility index (Phi) is 5.13. The van der Waals surface area contributed by atoms with E-state index in [1.807, 2.05) is 19.9 Å². The first-order valence-corrected chi connectivity index (χ1v) is 8.03. The zero-order valence-electron chi connectivity index (χ0n) is 10.4. The summed E-state index contributed by atoms with van der Waals surface area (Å²) in [6.45, 7) is 4.28. The number of nitrogens with two attached hydrogens (primary N) is 1. The van der Waals surface area contributed by atoms with E-state index < -0.39 is 0 Å². The highest BCUT2D eigenvalue weighted by molar-refractivity contribution is 9.13. The molecule has 1 atom stereocenters. The Labute approximate surface area is 131 Å². The lowest BCUT2D eigenvalue weighted by Crippen LogP contribution is -2.20. The van der Waals surface area contributed by atoms with Gasteiger partial charge in [-0.05, 0) is 51.8 Å². The molecule has 0 saturated heterocycles. The van der Waals surface area contributed by atoms with Crippen molar-refractivity contribution < 1.29 is 9.26 Å². The Morgan fingerprint density at radius 2 is 2.21 bits per heavy atom. The Bertz CT molecular complexity index is 536. The predicted octanol–water partition coefficient (Wildman–Crippen LogP) is 3.75. The number of aromatic nitrogens is 2. The normalized spacial score (nSPS) is 13.2. The Hall–Kier alpha value is -0.280. The Morgan fingerprint density at radius 3 is 2.79 bits per heavy atom. The maximum atomic E-state index is 5.94. The minimum absolute atomic E-state index is 0.127. The molecule has 0 aliphatic heterocycles. The van der Waals surface area contributed by atoms with Gasteiger partial charge in [-0.2, -0.15) is 4.98 Å². The second kappa shape index (κ2) is 6.45. The number of nitrogens with zero attached hydrogens (tertiary/aromatic N) is 2. The summed E-state index contributed by atoms with van der Waals surface area (Å²) >= 11 is 8.36. The van der Waals surface area contributed by atoms with E-state index in [-0.39, 0.29) is 12.1 Å². The largest absolute Gasteiger partial charge is 0.377 e. The van der Waals surface area contributed by atoms with Crippen LogP contribution in [0.5, 0.6) is 0 Å². The number of hydrogen-bond acceptors (Lipinski definition) is 6. The van der Waals surface area contributed by atoms with E-state index in [9.17, 15) is 0 Å². The van der Waals surface area contributed by atoms with Gasteiger partial charge in [-0.25, -0.2) is 0 Å². The molecule has 2 heterocycles. The van der Waals surface area contributed by atoms with Crippen molar-refractivity contribution >= 4 is 43.2 Å². The molecule has 2 aromatic rings. The van der Waals surface area contributed by atoms with Crippen molar-refractivity contribution in [1.82, 2.24) is 10.1 Å². The average molecular weight is 411 g/mol. The summed E-state index contributed by atoms with van der Waals surface area (Å²) in [6.07, 6.45) is 0.127. The van der Waals surface area contributed by atoms with Gasteiger partial charge in [-0.15, -0.1) is 11.3 Å². The third-order valence-corrected chi connectivity index (χ3v) is 5.48. The van der Waals surface area contributed by atoms with Gasteiger partial charge < -0.3 is 15.0 Å². The zero-order valence-corrected chi connectivity index (χ0v) is 14.4. The Morgan fingerprint density at radius 1 is 1.47 bits per heavy atom. The molecular weight excluding hydrogens is 398 g/mol. The van der Waals surface area contributed by atoms with Crippen LogP contribution < -0.4 is 5.73 Å². The number of ether oxygens (including phenoxy) is 1. The summed E-state index contributed by atoms with van der Waals surface area (Å²) in [4.78, 5) is 5.18. The first-order chi connectivity index (χ1) is 8.97. The van der Waals surface area contributed by atoms with Gasteiger partial charge in [-0.3, -0.25) is 0 Å². The van der Waals surface area contributed by atoms with Crippen molar-refractivity contribution in [1.29, 1.82) is 0 Å². The van der Waals surface area contributed by atoms with Crippen molar-refractivity contribution in [3.05, 3.63) is 20.1 Å². The minimum Gasteiger partial charge on any atom is -0.377 e. The first kappa shape index (κ1) is 15.1. The van der Waals surface area contributed by atoms with Crippen molar-refractivity contribution in [2.45, 2.75) is 26.0 Å². The number of hydrogen-bond donors (Lipinski definition) is 1. The molecule has 0 aliphatic carbocycles. The van der Waals surface area contributed by atoms with E-state index in [0.717, 1.165) is 13.1 Å². The molecule has 19 heavy (non-hydrogen) atoms. The van der Waals surface area contributed by atoms with E-state index in [0.29, 0.717) is 18.3 Å². The van der Waals surface area contributed by atoms with Crippen LogP contribution in [0, 0.1) is 0 Å². The second-order valence-electron chi connectivity index (χ2n) is 4.18. The standard InChI is InChI=1S/C11H13Br2N3O2S/c1-5(2)17-4-7(14)10-15-11(18-16-10)8-3-6(12)9(13)19-8/h3,5,7H,4,14H2,1-2H3. The van der Waals surface area contributed by atoms with E-state index in [1.54, 1.807) is 0 Å². The molecule has 8 heteroatoms. The van der Waals surface area contributed by atoms with Crippen LogP contribution in [0.2, 0.25) is 0 Å². The van der Waals surface area contributed by atoms with Crippen LogP contribution in [0.15, 0.2) is 18.8 Å². The molecular formula is C11H13Br2N3O2S. The van der Waals surface area contributed by atoms with E-state index in [4.69, 9.17) is 15.0 Å². The van der Waals surface area contributed by atoms with Crippen molar-refractivity contribution in [2.75, 3.05) is 6.61 Å². The summed E-state index contributed by atoms with van der Waals surface area (Å²) < 4.78 is 12.6. The second-order valence-corrected chi connectivity index (χ2v) is 7.40. The fourth-order valence-electron chi connectivity index (χ4n) is 1.31. The fraction of sp³-hybridized carbons (Fsp3) is 0.455. The summed E-state index contributed by atoms with van der Waals surface area (Å²) in [5.41, 5.74) is 5.94. The van der Waals surface area contributed by atoms with Gasteiger partial charge in [0, 0.05) is 4.47 Å². The van der Waals surface area contributed by atoms with Gasteiger partial charge >= 0.3 is 0 Å². The maximum Gasteiger partial charge on any atom is 0.268 e. The quantitative estimate of drug-likeness (QED) is 0.812. The first-order valence-electron chi connectivity index (χ1n) is 5.63. The van der Waals surface area contributed by atoms with Gasteiger partial charge in [-0.1, -0.05) is 5.16 Å². The molecule has 0 amide bonds.